The molecule has 1 atom stereocenters. The number of nitrogens with one attached hydrogen (secondary N) is 1. The van der Waals surface area contributed by atoms with Crippen molar-refractivity contribution in [2.45, 2.75) is 25.3 Å². The Bertz CT molecular complexity index is 1140. The highest BCUT2D eigenvalue weighted by Crippen LogP contribution is 2.23. The maximum absolute atomic E-state index is 12.9. The summed E-state index contributed by atoms with van der Waals surface area (Å²) in [5, 5.41) is 3.12. The Morgan fingerprint density at radius 3 is 2.84 bits per heavy atom. The number of anilines is 2. The molecule has 2 fully saturated rings. The second-order valence-electron chi connectivity index (χ2n) is 8.09. The number of carbonyl (C=O) groups is 2. The van der Waals surface area contributed by atoms with Crippen LogP contribution in [-0.2, 0) is 4.79 Å². The van der Waals surface area contributed by atoms with Crippen LogP contribution in [0.25, 0.3) is 11.3 Å². The third-order valence-electron chi connectivity index (χ3n) is 5.90. The first-order chi connectivity index (χ1) is 15.7. The molecule has 162 valence electrons. The van der Waals surface area contributed by atoms with E-state index in [4.69, 9.17) is 0 Å². The Morgan fingerprint density at radius 1 is 1.09 bits per heavy atom. The van der Waals surface area contributed by atoms with Crippen LogP contribution in [0.1, 0.15) is 29.6 Å². The minimum atomic E-state index is -0.129. The van der Waals surface area contributed by atoms with Gasteiger partial charge in [0.05, 0.1) is 5.69 Å². The van der Waals surface area contributed by atoms with E-state index < -0.39 is 0 Å². The molecule has 2 aliphatic heterocycles. The molecule has 32 heavy (non-hydrogen) atoms. The summed E-state index contributed by atoms with van der Waals surface area (Å²) in [7, 11) is 0. The predicted octanol–water partition coefficient (Wildman–Crippen LogP) is 2.67. The minimum Gasteiger partial charge on any atom is -0.347 e. The summed E-state index contributed by atoms with van der Waals surface area (Å²) in [6, 6.07) is 13.0. The number of hydrogen-bond donors (Lipinski definition) is 1. The molecule has 5 rings (SSSR count). The van der Waals surface area contributed by atoms with E-state index in [1.165, 1.54) is 0 Å². The van der Waals surface area contributed by atoms with Crippen molar-refractivity contribution in [1.29, 1.82) is 0 Å². The molecule has 0 radical (unpaired) electrons. The van der Waals surface area contributed by atoms with Crippen LogP contribution in [0.15, 0.2) is 61.1 Å². The molecule has 1 N–H and O–H groups in total. The molecule has 0 aliphatic carbocycles. The molecule has 1 aromatic carbocycles. The quantitative estimate of drug-likeness (QED) is 0.672. The fourth-order valence-corrected chi connectivity index (χ4v) is 4.24. The van der Waals surface area contributed by atoms with Gasteiger partial charge in [0.15, 0.2) is 0 Å². The molecule has 2 aromatic heterocycles. The largest absolute Gasteiger partial charge is 0.347 e. The summed E-state index contributed by atoms with van der Waals surface area (Å²) in [4.78, 5) is 42.0. The van der Waals surface area contributed by atoms with E-state index in [9.17, 15) is 9.59 Å². The second kappa shape index (κ2) is 8.74. The fourth-order valence-electron chi connectivity index (χ4n) is 4.24. The van der Waals surface area contributed by atoms with Crippen molar-refractivity contribution < 1.29 is 9.59 Å². The number of nitrogens with zero attached hydrogens (tertiary/aromatic N) is 5. The van der Waals surface area contributed by atoms with Crippen molar-refractivity contribution in [3.05, 3.63) is 66.6 Å². The molecule has 0 spiro atoms. The molecule has 0 saturated carbocycles. The van der Waals surface area contributed by atoms with Gasteiger partial charge in [-0.3, -0.25) is 14.6 Å². The molecule has 4 heterocycles. The Balaban J connectivity index is 1.24. The maximum Gasteiger partial charge on any atom is 0.251 e. The first-order valence-electron chi connectivity index (χ1n) is 10.9. The standard InChI is InChI=1S/C24H24N6O2/c31-22-7-3-12-30(22)20-6-1-4-17(14-20)23(32)27-19-9-13-29(16-19)24-26-11-8-21(28-24)18-5-2-10-25-15-18/h1-2,4-6,8,10-11,14-15,19H,3,7,9,12-13,16H2,(H,27,32). The van der Waals surface area contributed by atoms with Crippen molar-refractivity contribution in [3.8, 4) is 11.3 Å². The van der Waals surface area contributed by atoms with Crippen molar-refractivity contribution in [3.63, 3.8) is 0 Å². The molecular formula is C24H24N6O2. The number of hydrogen-bond acceptors (Lipinski definition) is 6. The topological polar surface area (TPSA) is 91.3 Å². The average Bonchev–Trinajstić information content (AvgIpc) is 3.49. The van der Waals surface area contributed by atoms with Crippen LogP contribution in [0.5, 0.6) is 0 Å². The van der Waals surface area contributed by atoms with Gasteiger partial charge >= 0.3 is 0 Å². The van der Waals surface area contributed by atoms with Gasteiger partial charge < -0.3 is 15.1 Å². The molecule has 0 bridgehead atoms. The summed E-state index contributed by atoms with van der Waals surface area (Å²) in [6.45, 7) is 2.12. The monoisotopic (exact) mass is 428 g/mol. The zero-order valence-electron chi connectivity index (χ0n) is 17.6. The Labute approximate surface area is 186 Å². The first-order valence-corrected chi connectivity index (χ1v) is 10.9. The van der Waals surface area contributed by atoms with E-state index in [1.54, 1.807) is 35.6 Å². The minimum absolute atomic E-state index is 0.00484. The van der Waals surface area contributed by atoms with Gasteiger partial charge in [0, 0.05) is 67.5 Å². The molecule has 2 saturated heterocycles. The van der Waals surface area contributed by atoms with E-state index >= 15 is 0 Å². The number of amides is 2. The van der Waals surface area contributed by atoms with E-state index in [-0.39, 0.29) is 17.9 Å². The lowest BCUT2D eigenvalue weighted by Gasteiger charge is -2.18. The number of carbonyl (C=O) groups excluding carboxylic acids is 2. The van der Waals surface area contributed by atoms with Crippen LogP contribution >= 0.6 is 0 Å². The summed E-state index contributed by atoms with van der Waals surface area (Å²) in [5.41, 5.74) is 3.12. The SMILES string of the molecule is O=C(NC1CCN(c2nccc(-c3cccnc3)n2)C1)c1cccc(N2CCCC2=O)c1. The van der Waals surface area contributed by atoms with E-state index in [0.717, 1.165) is 36.3 Å². The van der Waals surface area contributed by atoms with Crippen LogP contribution in [0.4, 0.5) is 11.6 Å². The van der Waals surface area contributed by atoms with Gasteiger partial charge in [-0.2, -0.15) is 0 Å². The highest BCUT2D eigenvalue weighted by atomic mass is 16.2. The lowest BCUT2D eigenvalue weighted by molar-refractivity contribution is -0.117. The summed E-state index contributed by atoms with van der Waals surface area (Å²) in [6.07, 6.45) is 7.51. The van der Waals surface area contributed by atoms with Crippen molar-refractivity contribution in [2.75, 3.05) is 29.4 Å². The zero-order valence-corrected chi connectivity index (χ0v) is 17.6. The van der Waals surface area contributed by atoms with E-state index in [2.05, 4.69) is 25.2 Å². The molecule has 2 amide bonds. The van der Waals surface area contributed by atoms with Crippen LogP contribution in [-0.4, -0.2) is 52.4 Å². The van der Waals surface area contributed by atoms with E-state index in [0.29, 0.717) is 31.0 Å². The smallest absolute Gasteiger partial charge is 0.251 e. The van der Waals surface area contributed by atoms with Crippen LogP contribution in [0.2, 0.25) is 0 Å². The second-order valence-corrected chi connectivity index (χ2v) is 8.09. The first kappa shape index (κ1) is 20.1. The van der Waals surface area contributed by atoms with Gasteiger partial charge in [-0.15, -0.1) is 0 Å². The van der Waals surface area contributed by atoms with Crippen LogP contribution in [0.3, 0.4) is 0 Å². The fraction of sp³-hybridized carbons (Fsp3) is 0.292. The summed E-state index contributed by atoms with van der Waals surface area (Å²) < 4.78 is 0. The van der Waals surface area contributed by atoms with Crippen molar-refractivity contribution >= 4 is 23.5 Å². The Kier molecular flexibility index (Phi) is 5.49. The van der Waals surface area contributed by atoms with Gasteiger partial charge in [0.2, 0.25) is 11.9 Å². The maximum atomic E-state index is 12.9. The number of aromatic nitrogens is 3. The molecule has 8 heteroatoms. The molecule has 8 nitrogen and oxygen atoms in total. The van der Waals surface area contributed by atoms with Gasteiger partial charge in [-0.05, 0) is 49.2 Å². The number of rotatable bonds is 5. The van der Waals surface area contributed by atoms with Crippen LogP contribution in [0, 0.1) is 0 Å². The summed E-state index contributed by atoms with van der Waals surface area (Å²) in [5.74, 6) is 0.635. The highest BCUT2D eigenvalue weighted by Gasteiger charge is 2.27. The summed E-state index contributed by atoms with van der Waals surface area (Å²) >= 11 is 0. The van der Waals surface area contributed by atoms with Crippen molar-refractivity contribution in [2.24, 2.45) is 0 Å². The molecule has 3 aromatic rings. The lowest BCUT2D eigenvalue weighted by Crippen LogP contribution is -2.37. The Morgan fingerprint density at radius 2 is 2.03 bits per heavy atom. The van der Waals surface area contributed by atoms with Gasteiger partial charge in [0.25, 0.3) is 5.91 Å². The Hall–Kier alpha value is -3.81. The van der Waals surface area contributed by atoms with E-state index in [1.807, 2.05) is 30.3 Å². The van der Waals surface area contributed by atoms with Gasteiger partial charge in [0.1, 0.15) is 0 Å². The number of pyridine rings is 1. The third kappa shape index (κ3) is 4.16. The normalized spacial score (nSPS) is 18.2. The molecular weight excluding hydrogens is 404 g/mol. The average molecular weight is 428 g/mol. The molecule has 2 aliphatic rings. The van der Waals surface area contributed by atoms with Crippen molar-refractivity contribution in [1.82, 2.24) is 20.3 Å². The lowest BCUT2D eigenvalue weighted by atomic mass is 10.1. The zero-order chi connectivity index (χ0) is 21.9. The highest BCUT2D eigenvalue weighted by molar-refractivity contribution is 5.99. The predicted molar refractivity (Wildman–Crippen MR) is 121 cm³/mol. The van der Waals surface area contributed by atoms with Crippen LogP contribution < -0.4 is 15.1 Å². The third-order valence-corrected chi connectivity index (χ3v) is 5.90. The molecule has 1 unspecified atom stereocenters. The number of benzene rings is 1. The van der Waals surface area contributed by atoms with Gasteiger partial charge in [-0.1, -0.05) is 6.07 Å². The van der Waals surface area contributed by atoms with Gasteiger partial charge in [-0.25, -0.2) is 9.97 Å².